The van der Waals surface area contributed by atoms with Crippen LogP contribution in [0.3, 0.4) is 0 Å². The smallest absolute Gasteiger partial charge is 0.302 e. The first-order valence-electron chi connectivity index (χ1n) is 25.2. The number of benzene rings is 6. The lowest BCUT2D eigenvalue weighted by Gasteiger charge is -2.21. The highest BCUT2D eigenvalue weighted by molar-refractivity contribution is 5.66. The van der Waals surface area contributed by atoms with Gasteiger partial charge in [0.1, 0.15) is 12.6 Å². The van der Waals surface area contributed by atoms with Crippen molar-refractivity contribution in [3.63, 3.8) is 0 Å². The molecule has 0 bridgehead atoms. The Kier molecular flexibility index (Phi) is 19.6. The zero-order valence-corrected chi connectivity index (χ0v) is 41.2. The number of hydrogen-bond donors (Lipinski definition) is 1. The summed E-state index contributed by atoms with van der Waals surface area (Å²) in [6.45, 7) is 2.30. The van der Waals surface area contributed by atoms with Crippen molar-refractivity contribution in [1.82, 2.24) is 0 Å². The van der Waals surface area contributed by atoms with E-state index in [1.165, 1.54) is 73.7 Å². The maximum atomic E-state index is 10.7. The molecule has 6 aliphatic rings. The molecule has 4 unspecified atom stereocenters. The Labute approximate surface area is 415 Å². The first-order chi connectivity index (χ1) is 34.3. The van der Waals surface area contributed by atoms with Crippen LogP contribution in [0, 0.1) is 5.92 Å². The standard InChI is InChI=1S/C12H16O2.C12H14O2.C10H10O.C10H12O.C10H10O.C9H8/c1-13-12(14-2)11-8-7-9-5-3-4-6-10(9)11;1-9(13)14-8-11-7-6-10-4-2-3-5-12(10)11;11-7-8-5-9-3-1-2-4-10(9)6-8;2*11-7-9-6-5-8-3-1-2-4-10(8)9;1-2-5-9-7-3-6-8(9)4-1/h3-6,11-12H,7-8H2,1-2H3;2-5,11H,6-8H2,1H3;1-4,7-8H,5-6H2;1-4,9,11H,5-7H2;1-4,7,9H,5-6H2;1-6H,7H2. The van der Waals surface area contributed by atoms with E-state index in [1.807, 2.05) is 36.4 Å². The van der Waals surface area contributed by atoms with Crippen LogP contribution in [-0.2, 0) is 73.5 Å². The van der Waals surface area contributed by atoms with Crippen LogP contribution in [0.1, 0.15) is 123 Å². The highest BCUT2D eigenvalue weighted by atomic mass is 16.7. The minimum absolute atomic E-state index is 0.0985. The van der Waals surface area contributed by atoms with Crippen molar-refractivity contribution in [2.24, 2.45) is 5.92 Å². The Morgan fingerprint density at radius 1 is 0.557 bits per heavy atom. The minimum atomic E-state index is -0.186. The van der Waals surface area contributed by atoms with E-state index < -0.39 is 0 Å². The Balaban J connectivity index is 0.000000124. The van der Waals surface area contributed by atoms with Crippen LogP contribution in [0.25, 0.3) is 6.08 Å². The van der Waals surface area contributed by atoms with E-state index in [0.717, 1.165) is 83.2 Å². The zero-order valence-electron chi connectivity index (χ0n) is 41.2. The number of aliphatic hydroxyl groups excluding tert-OH is 1. The van der Waals surface area contributed by atoms with Gasteiger partial charge >= 0.3 is 5.97 Å². The molecule has 0 spiro atoms. The molecule has 7 heteroatoms. The van der Waals surface area contributed by atoms with E-state index in [4.69, 9.17) is 19.3 Å². The summed E-state index contributed by atoms with van der Waals surface area (Å²) in [4.78, 5) is 31.7. The predicted octanol–water partition coefficient (Wildman–Crippen LogP) is 12.1. The van der Waals surface area contributed by atoms with Gasteiger partial charge in [-0.3, -0.25) is 4.79 Å². The molecular weight excluding hydrogens is 869 g/mol. The van der Waals surface area contributed by atoms with Gasteiger partial charge in [-0.2, -0.15) is 0 Å². The molecule has 0 aromatic heterocycles. The van der Waals surface area contributed by atoms with Gasteiger partial charge in [-0.05, 0) is 137 Å². The van der Waals surface area contributed by atoms with E-state index in [0.29, 0.717) is 31.0 Å². The third-order valence-corrected chi connectivity index (χ3v) is 14.5. The normalized spacial score (nSPS) is 18.9. The number of esters is 1. The number of aryl methyl sites for hydroxylation is 4. The number of aliphatic hydroxyl groups is 1. The number of fused-ring (bicyclic) bond motifs is 6. The molecular formula is C63H70O7. The largest absolute Gasteiger partial charge is 0.465 e. The van der Waals surface area contributed by atoms with Crippen molar-refractivity contribution in [3.05, 3.63) is 218 Å². The second-order valence-electron chi connectivity index (χ2n) is 18.9. The Bertz CT molecular complexity index is 2620. The second kappa shape index (κ2) is 26.7. The van der Waals surface area contributed by atoms with Crippen molar-refractivity contribution in [1.29, 1.82) is 0 Å². The molecule has 0 amide bonds. The SMILES string of the molecule is C1=Cc2ccccc2C1.CC(=O)OCC1CCc2ccccc21.COC(OC)C1CCc2ccccc21.O=CC1CCc2ccccc21.O=CC1Cc2ccccc2C1.OCC1CCc2ccccc21. The highest BCUT2D eigenvalue weighted by Crippen LogP contribution is 2.37. The van der Waals surface area contributed by atoms with Crippen molar-refractivity contribution in [3.8, 4) is 0 Å². The van der Waals surface area contributed by atoms with Gasteiger partial charge in [0.25, 0.3) is 0 Å². The van der Waals surface area contributed by atoms with Crippen LogP contribution in [0.2, 0.25) is 0 Å². The lowest BCUT2D eigenvalue weighted by atomic mass is 10.0. The topological polar surface area (TPSA) is 99.1 Å². The zero-order chi connectivity index (χ0) is 49.1. The van der Waals surface area contributed by atoms with Crippen LogP contribution in [0.15, 0.2) is 152 Å². The molecule has 0 saturated heterocycles. The summed E-state index contributed by atoms with van der Waals surface area (Å²) in [5, 5.41) is 9.01. The summed E-state index contributed by atoms with van der Waals surface area (Å²) in [6, 6.07) is 50.3. The molecule has 6 aromatic carbocycles. The van der Waals surface area contributed by atoms with Crippen LogP contribution < -0.4 is 0 Å². The van der Waals surface area contributed by atoms with Gasteiger partial charge in [-0.15, -0.1) is 0 Å². The highest BCUT2D eigenvalue weighted by Gasteiger charge is 2.29. The van der Waals surface area contributed by atoms with E-state index in [1.54, 1.807) is 14.2 Å². The fourth-order valence-electron chi connectivity index (χ4n) is 10.8. The fourth-order valence-corrected chi connectivity index (χ4v) is 10.8. The quantitative estimate of drug-likeness (QED) is 0.0922. The summed E-state index contributed by atoms with van der Waals surface area (Å²) in [6.07, 6.45) is 18.2. The van der Waals surface area contributed by atoms with Crippen LogP contribution in [0.5, 0.6) is 0 Å². The Morgan fingerprint density at radius 3 is 1.56 bits per heavy atom. The number of rotatable bonds is 8. The number of methoxy groups -OCH3 is 2. The lowest BCUT2D eigenvalue weighted by Crippen LogP contribution is -2.21. The Morgan fingerprint density at radius 2 is 1.01 bits per heavy atom. The summed E-state index contributed by atoms with van der Waals surface area (Å²) < 4.78 is 15.7. The third-order valence-electron chi connectivity index (χ3n) is 14.5. The van der Waals surface area contributed by atoms with Gasteiger partial charge in [-0.1, -0.05) is 158 Å². The maximum Gasteiger partial charge on any atom is 0.302 e. The molecule has 6 aliphatic carbocycles. The molecule has 364 valence electrons. The third kappa shape index (κ3) is 13.7. The van der Waals surface area contributed by atoms with Gasteiger partial charge in [0, 0.05) is 57.3 Å². The molecule has 7 nitrogen and oxygen atoms in total. The number of carbonyl (C=O) groups excluding carboxylic acids is 3. The second-order valence-corrected chi connectivity index (χ2v) is 18.9. The van der Waals surface area contributed by atoms with Crippen molar-refractivity contribution < 1.29 is 33.7 Å². The summed E-state index contributed by atoms with van der Waals surface area (Å²) in [5.41, 5.74) is 16.5. The average Bonchev–Trinajstić information content (AvgIpc) is 4.29. The van der Waals surface area contributed by atoms with Crippen molar-refractivity contribution in [2.75, 3.05) is 27.4 Å². The first-order valence-corrected chi connectivity index (χ1v) is 25.2. The lowest BCUT2D eigenvalue weighted by molar-refractivity contribution is -0.141. The molecule has 0 saturated carbocycles. The number of allylic oxidation sites excluding steroid dienone is 1. The summed E-state index contributed by atoms with van der Waals surface area (Å²) in [7, 11) is 3.41. The molecule has 0 aliphatic heterocycles. The average molecular weight is 939 g/mol. The molecule has 70 heavy (non-hydrogen) atoms. The van der Waals surface area contributed by atoms with Gasteiger partial charge < -0.3 is 28.9 Å². The summed E-state index contributed by atoms with van der Waals surface area (Å²) >= 11 is 0. The molecule has 0 fully saturated rings. The van der Waals surface area contributed by atoms with Crippen LogP contribution >= 0.6 is 0 Å². The van der Waals surface area contributed by atoms with Gasteiger partial charge in [0.2, 0.25) is 0 Å². The number of aldehydes is 2. The van der Waals surface area contributed by atoms with E-state index in [-0.39, 0.29) is 24.1 Å². The van der Waals surface area contributed by atoms with Crippen LogP contribution in [-0.4, -0.2) is 57.4 Å². The fraction of sp³-hybridized carbons (Fsp3) is 0.349. The molecule has 6 aromatic rings. The van der Waals surface area contributed by atoms with Gasteiger partial charge in [0.05, 0.1) is 6.61 Å². The van der Waals surface area contributed by atoms with E-state index in [2.05, 4.69) is 121 Å². The monoisotopic (exact) mass is 939 g/mol. The minimum Gasteiger partial charge on any atom is -0.465 e. The summed E-state index contributed by atoms with van der Waals surface area (Å²) in [5.74, 6) is 1.45. The van der Waals surface area contributed by atoms with Gasteiger partial charge in [-0.25, -0.2) is 0 Å². The predicted molar refractivity (Wildman–Crippen MR) is 280 cm³/mol. The van der Waals surface area contributed by atoms with Crippen LogP contribution in [0.4, 0.5) is 0 Å². The molecule has 12 rings (SSSR count). The molecule has 0 heterocycles. The molecule has 4 atom stereocenters. The molecule has 1 N–H and O–H groups in total. The van der Waals surface area contributed by atoms with Crippen molar-refractivity contribution >= 4 is 24.6 Å². The van der Waals surface area contributed by atoms with Gasteiger partial charge in [0.15, 0.2) is 6.29 Å². The number of carbonyl (C=O) groups is 3. The number of ether oxygens (including phenoxy) is 3. The van der Waals surface area contributed by atoms with E-state index >= 15 is 0 Å². The molecule has 0 radical (unpaired) electrons. The maximum absolute atomic E-state index is 10.7. The number of hydrogen-bond acceptors (Lipinski definition) is 7. The first kappa shape index (κ1) is 51.6. The van der Waals surface area contributed by atoms with E-state index in [9.17, 15) is 14.4 Å². The van der Waals surface area contributed by atoms with Crippen molar-refractivity contribution in [2.45, 2.75) is 108 Å². The Hall–Kier alpha value is -6.25.